The fourth-order valence-electron chi connectivity index (χ4n) is 3.82. The van der Waals surface area contributed by atoms with Crippen molar-refractivity contribution in [3.63, 3.8) is 0 Å². The smallest absolute Gasteiger partial charge is 0.119 e. The molecule has 1 aliphatic carbocycles. The maximum absolute atomic E-state index is 5.65. The van der Waals surface area contributed by atoms with Crippen LogP contribution in [0.15, 0.2) is 77.3 Å². The second-order valence-electron chi connectivity index (χ2n) is 7.59. The Morgan fingerprint density at radius 2 is 1.64 bits per heavy atom. The van der Waals surface area contributed by atoms with Gasteiger partial charge in [-0.25, -0.2) is 0 Å². The van der Waals surface area contributed by atoms with Gasteiger partial charge in [-0.2, -0.15) is 0 Å². The first-order chi connectivity index (χ1) is 13.5. The zero-order valence-corrected chi connectivity index (χ0v) is 18.6. The number of rotatable bonds is 7. The molecule has 2 aromatic rings. The van der Waals surface area contributed by atoms with Crippen LogP contribution in [-0.2, 0) is 0 Å². The van der Waals surface area contributed by atoms with Crippen molar-refractivity contribution >= 4 is 27.1 Å². The van der Waals surface area contributed by atoms with E-state index in [9.17, 15) is 0 Å². The number of hydrogen-bond donors (Lipinski definition) is 0. The molecular weight excluding hydrogens is 408 g/mol. The van der Waals surface area contributed by atoms with Crippen molar-refractivity contribution in [2.24, 2.45) is 5.41 Å². The molecule has 0 bridgehead atoms. The van der Waals surface area contributed by atoms with Crippen molar-refractivity contribution in [3.8, 4) is 5.75 Å². The van der Waals surface area contributed by atoms with Crippen LogP contribution in [-0.4, -0.2) is 6.61 Å². The molecule has 0 fully saturated rings. The molecule has 1 atom stereocenters. The Kier molecular flexibility index (Phi) is 6.96. The van der Waals surface area contributed by atoms with Gasteiger partial charge in [0.2, 0.25) is 0 Å². The molecule has 0 saturated carbocycles. The summed E-state index contributed by atoms with van der Waals surface area (Å²) in [5, 5.41) is 0. The number of ether oxygens (including phenoxy) is 1. The van der Waals surface area contributed by atoms with Crippen LogP contribution in [0.3, 0.4) is 0 Å². The minimum atomic E-state index is 0.112. The highest BCUT2D eigenvalue weighted by molar-refractivity contribution is 9.11. The van der Waals surface area contributed by atoms with Crippen LogP contribution < -0.4 is 4.74 Å². The number of benzene rings is 2. The van der Waals surface area contributed by atoms with Gasteiger partial charge in [-0.15, -0.1) is 0 Å². The number of allylic oxidation sites excluding steroid dienone is 6. The third kappa shape index (κ3) is 5.05. The molecule has 3 rings (SSSR count). The largest absolute Gasteiger partial charge is 0.494 e. The van der Waals surface area contributed by atoms with Crippen LogP contribution in [0.4, 0.5) is 0 Å². The van der Waals surface area contributed by atoms with E-state index < -0.39 is 0 Å². The van der Waals surface area contributed by atoms with Gasteiger partial charge in [-0.3, -0.25) is 0 Å². The van der Waals surface area contributed by atoms with E-state index in [0.29, 0.717) is 6.61 Å². The van der Waals surface area contributed by atoms with Crippen molar-refractivity contribution in [2.75, 3.05) is 6.61 Å². The topological polar surface area (TPSA) is 9.23 Å². The minimum absolute atomic E-state index is 0.112. The Morgan fingerprint density at radius 1 is 0.964 bits per heavy atom. The highest BCUT2D eigenvalue weighted by Crippen LogP contribution is 2.43. The zero-order chi connectivity index (χ0) is 20.0. The molecule has 0 unspecified atom stereocenters. The highest BCUT2D eigenvalue weighted by Gasteiger charge is 2.26. The second kappa shape index (κ2) is 9.43. The summed E-state index contributed by atoms with van der Waals surface area (Å²) in [5.41, 5.74) is 5.56. The fourth-order valence-corrected chi connectivity index (χ4v) is 4.11. The lowest BCUT2D eigenvalue weighted by molar-refractivity contribution is 0.340. The highest BCUT2D eigenvalue weighted by atomic mass is 79.9. The normalized spacial score (nSPS) is 19.8. The second-order valence-corrected chi connectivity index (χ2v) is 8.51. The summed E-state index contributed by atoms with van der Waals surface area (Å²) in [6.07, 6.45) is 9.87. The summed E-state index contributed by atoms with van der Waals surface area (Å²) in [7, 11) is 0. The van der Waals surface area contributed by atoms with Crippen LogP contribution in [0.2, 0.25) is 0 Å². The zero-order valence-electron chi connectivity index (χ0n) is 17.0. The van der Waals surface area contributed by atoms with E-state index in [-0.39, 0.29) is 5.41 Å². The third-order valence-corrected chi connectivity index (χ3v) is 5.93. The summed E-state index contributed by atoms with van der Waals surface area (Å²) in [4.78, 5) is 0. The van der Waals surface area contributed by atoms with E-state index in [2.05, 4.69) is 103 Å². The number of halogens is 1. The average Bonchev–Trinajstić information content (AvgIpc) is 2.72. The average molecular weight is 437 g/mol. The Hall–Kier alpha value is -2.06. The van der Waals surface area contributed by atoms with Crippen molar-refractivity contribution in [1.82, 2.24) is 0 Å². The Balaban J connectivity index is 2.05. The molecule has 28 heavy (non-hydrogen) atoms. The molecule has 146 valence electrons. The molecule has 0 amide bonds. The SMILES string of the molecule is CCOc1ccc(/C(C[C@@]2(C)C=CC(Br)=CC2)=C(/CC)c2ccccc2)cc1. The summed E-state index contributed by atoms with van der Waals surface area (Å²) < 4.78 is 6.83. The molecule has 1 nitrogen and oxygen atoms in total. The summed E-state index contributed by atoms with van der Waals surface area (Å²) in [5.74, 6) is 0.930. The van der Waals surface area contributed by atoms with E-state index in [1.165, 1.54) is 26.8 Å². The van der Waals surface area contributed by atoms with Gasteiger partial charge < -0.3 is 4.74 Å². The Morgan fingerprint density at radius 3 is 2.21 bits per heavy atom. The summed E-state index contributed by atoms with van der Waals surface area (Å²) >= 11 is 3.60. The van der Waals surface area contributed by atoms with E-state index in [0.717, 1.165) is 25.0 Å². The lowest BCUT2D eigenvalue weighted by Crippen LogP contribution is -2.16. The van der Waals surface area contributed by atoms with Crippen LogP contribution in [0, 0.1) is 5.41 Å². The lowest BCUT2D eigenvalue weighted by Gasteiger charge is -2.30. The molecular formula is C26H29BrO. The van der Waals surface area contributed by atoms with Crippen molar-refractivity contribution in [1.29, 1.82) is 0 Å². The van der Waals surface area contributed by atoms with Crippen LogP contribution >= 0.6 is 15.9 Å². The van der Waals surface area contributed by atoms with Gasteiger partial charge in [0, 0.05) is 4.48 Å². The quantitative estimate of drug-likeness (QED) is 0.398. The van der Waals surface area contributed by atoms with E-state index in [1.54, 1.807) is 0 Å². The Bertz CT molecular complexity index is 874. The molecule has 0 radical (unpaired) electrons. The molecule has 0 aliphatic heterocycles. The first-order valence-corrected chi connectivity index (χ1v) is 10.9. The summed E-state index contributed by atoms with van der Waals surface area (Å²) in [6.45, 7) is 7.32. The molecule has 0 N–H and O–H groups in total. The van der Waals surface area contributed by atoms with Gasteiger partial charge in [0.1, 0.15) is 5.75 Å². The Labute approximate surface area is 178 Å². The summed E-state index contributed by atoms with van der Waals surface area (Å²) in [6, 6.07) is 19.4. The van der Waals surface area contributed by atoms with Gasteiger partial charge in [0.15, 0.2) is 0 Å². The van der Waals surface area contributed by atoms with Crippen LogP contribution in [0.25, 0.3) is 11.1 Å². The molecule has 0 heterocycles. The van der Waals surface area contributed by atoms with Gasteiger partial charge in [0.25, 0.3) is 0 Å². The first kappa shape index (κ1) is 20.7. The first-order valence-electron chi connectivity index (χ1n) is 10.1. The van der Waals surface area contributed by atoms with Crippen LogP contribution in [0.5, 0.6) is 5.75 Å². The van der Waals surface area contributed by atoms with Gasteiger partial charge in [0.05, 0.1) is 6.61 Å². The third-order valence-electron chi connectivity index (χ3n) is 5.34. The molecule has 0 spiro atoms. The minimum Gasteiger partial charge on any atom is -0.494 e. The van der Waals surface area contributed by atoms with E-state index in [1.807, 2.05) is 6.92 Å². The lowest BCUT2D eigenvalue weighted by atomic mass is 9.75. The standard InChI is InChI=1S/C26H29BrO/c1-4-24(20-9-7-6-8-10-20)25(19-26(3)17-15-22(27)16-18-26)21-11-13-23(14-12-21)28-5-2/h6-17H,4-5,18-19H2,1-3H3/b25-24-/t26-/m0/s1. The van der Waals surface area contributed by atoms with Gasteiger partial charge in [-0.05, 0) is 66.0 Å². The maximum Gasteiger partial charge on any atom is 0.119 e. The van der Waals surface area contributed by atoms with Gasteiger partial charge in [-0.1, -0.05) is 90.5 Å². The van der Waals surface area contributed by atoms with Crippen LogP contribution in [0.1, 0.15) is 51.2 Å². The number of hydrogen-bond acceptors (Lipinski definition) is 1. The molecule has 0 saturated heterocycles. The van der Waals surface area contributed by atoms with E-state index in [4.69, 9.17) is 4.74 Å². The molecule has 1 aliphatic rings. The van der Waals surface area contributed by atoms with Crippen molar-refractivity contribution in [3.05, 3.63) is 88.4 Å². The predicted octanol–water partition coefficient (Wildman–Crippen LogP) is 8.04. The van der Waals surface area contributed by atoms with Crippen molar-refractivity contribution in [2.45, 2.75) is 40.0 Å². The van der Waals surface area contributed by atoms with Gasteiger partial charge >= 0.3 is 0 Å². The van der Waals surface area contributed by atoms with Crippen molar-refractivity contribution < 1.29 is 4.74 Å². The maximum atomic E-state index is 5.65. The molecule has 0 aromatic heterocycles. The predicted molar refractivity (Wildman–Crippen MR) is 125 cm³/mol. The van der Waals surface area contributed by atoms with E-state index >= 15 is 0 Å². The molecule has 2 aromatic carbocycles. The monoisotopic (exact) mass is 436 g/mol. The molecule has 2 heteroatoms. The fraction of sp³-hybridized carbons (Fsp3) is 0.308.